The van der Waals surface area contributed by atoms with Gasteiger partial charge in [-0.2, -0.15) is 0 Å². The van der Waals surface area contributed by atoms with E-state index < -0.39 is 0 Å². The highest BCUT2D eigenvalue weighted by Gasteiger charge is 2.05. The van der Waals surface area contributed by atoms with Crippen molar-refractivity contribution in [1.29, 1.82) is 0 Å². The Balaban J connectivity index is 2.33. The van der Waals surface area contributed by atoms with E-state index in [2.05, 4.69) is 59.7 Å². The molecule has 3 nitrogen and oxygen atoms in total. The van der Waals surface area contributed by atoms with Gasteiger partial charge in [0.1, 0.15) is 0 Å². The van der Waals surface area contributed by atoms with Crippen molar-refractivity contribution in [3.8, 4) is 0 Å². The topological polar surface area (TPSA) is 27.3 Å². The monoisotopic (exact) mass is 277 g/mol. The largest absolute Gasteiger partial charge is 0.317 e. The Bertz CT molecular complexity index is 301. The SMILES string of the molecule is CCNCCCN(CCCNCC)Cc1ccccc1. The van der Waals surface area contributed by atoms with Crippen LogP contribution in [0.1, 0.15) is 32.3 Å². The Kier molecular flexibility index (Phi) is 10.2. The molecule has 0 aliphatic carbocycles. The van der Waals surface area contributed by atoms with Gasteiger partial charge in [0, 0.05) is 6.54 Å². The Labute approximate surface area is 124 Å². The molecule has 1 rings (SSSR count). The number of hydrogen-bond donors (Lipinski definition) is 2. The van der Waals surface area contributed by atoms with E-state index in [9.17, 15) is 0 Å². The minimum absolute atomic E-state index is 1.07. The number of nitrogens with zero attached hydrogens (tertiary/aromatic N) is 1. The molecule has 0 saturated carbocycles. The summed E-state index contributed by atoms with van der Waals surface area (Å²) in [6.45, 7) is 12.1. The summed E-state index contributed by atoms with van der Waals surface area (Å²) >= 11 is 0. The maximum atomic E-state index is 3.40. The van der Waals surface area contributed by atoms with Gasteiger partial charge >= 0.3 is 0 Å². The zero-order chi connectivity index (χ0) is 14.5. The second-order valence-electron chi connectivity index (χ2n) is 5.18. The van der Waals surface area contributed by atoms with Gasteiger partial charge < -0.3 is 10.6 Å². The molecule has 0 spiro atoms. The Morgan fingerprint density at radius 2 is 1.40 bits per heavy atom. The third kappa shape index (κ3) is 8.31. The van der Waals surface area contributed by atoms with Crippen LogP contribution in [0.2, 0.25) is 0 Å². The quantitative estimate of drug-likeness (QED) is 0.575. The fourth-order valence-corrected chi connectivity index (χ4v) is 2.32. The average Bonchev–Trinajstić information content (AvgIpc) is 2.49. The number of nitrogens with one attached hydrogen (secondary N) is 2. The van der Waals surface area contributed by atoms with E-state index in [0.717, 1.165) is 32.7 Å². The molecule has 20 heavy (non-hydrogen) atoms. The van der Waals surface area contributed by atoms with Crippen LogP contribution < -0.4 is 10.6 Å². The van der Waals surface area contributed by atoms with Crippen molar-refractivity contribution in [2.45, 2.75) is 33.2 Å². The Morgan fingerprint density at radius 3 is 1.90 bits per heavy atom. The number of benzene rings is 1. The summed E-state index contributed by atoms with van der Waals surface area (Å²) in [6.07, 6.45) is 2.45. The second-order valence-corrected chi connectivity index (χ2v) is 5.18. The summed E-state index contributed by atoms with van der Waals surface area (Å²) in [5.41, 5.74) is 1.42. The van der Waals surface area contributed by atoms with Gasteiger partial charge in [-0.3, -0.25) is 4.90 Å². The van der Waals surface area contributed by atoms with E-state index >= 15 is 0 Å². The molecule has 1 aromatic rings. The fourth-order valence-electron chi connectivity index (χ4n) is 2.32. The minimum Gasteiger partial charge on any atom is -0.317 e. The molecular formula is C17H31N3. The van der Waals surface area contributed by atoms with Crippen molar-refractivity contribution in [3.05, 3.63) is 35.9 Å². The molecule has 0 atom stereocenters. The van der Waals surface area contributed by atoms with Crippen LogP contribution in [-0.2, 0) is 6.54 Å². The van der Waals surface area contributed by atoms with Crippen LogP contribution in [0.4, 0.5) is 0 Å². The standard InChI is InChI=1S/C17H31N3/c1-3-18-12-8-14-20(15-9-13-19-4-2)16-17-10-6-5-7-11-17/h5-7,10-11,18-19H,3-4,8-9,12-16H2,1-2H3. The zero-order valence-electron chi connectivity index (χ0n) is 13.2. The van der Waals surface area contributed by atoms with E-state index in [4.69, 9.17) is 0 Å². The van der Waals surface area contributed by atoms with Crippen LogP contribution in [0.5, 0.6) is 0 Å². The molecule has 0 aromatic heterocycles. The molecule has 0 unspecified atom stereocenters. The van der Waals surface area contributed by atoms with Crippen molar-refractivity contribution in [2.75, 3.05) is 39.3 Å². The van der Waals surface area contributed by atoms with Gasteiger partial charge in [-0.05, 0) is 57.7 Å². The van der Waals surface area contributed by atoms with Crippen LogP contribution in [-0.4, -0.2) is 44.2 Å². The zero-order valence-corrected chi connectivity index (χ0v) is 13.2. The molecule has 0 amide bonds. The van der Waals surface area contributed by atoms with E-state index in [1.807, 2.05) is 0 Å². The number of rotatable bonds is 12. The van der Waals surface area contributed by atoms with Crippen LogP contribution in [0.25, 0.3) is 0 Å². The molecule has 0 radical (unpaired) electrons. The summed E-state index contributed by atoms with van der Waals surface area (Å²) < 4.78 is 0. The maximum Gasteiger partial charge on any atom is 0.0233 e. The van der Waals surface area contributed by atoms with Crippen LogP contribution >= 0.6 is 0 Å². The van der Waals surface area contributed by atoms with E-state index in [1.54, 1.807) is 0 Å². The van der Waals surface area contributed by atoms with E-state index in [1.165, 1.54) is 31.5 Å². The summed E-state index contributed by atoms with van der Waals surface area (Å²) in [4.78, 5) is 2.57. The Hall–Kier alpha value is -0.900. The van der Waals surface area contributed by atoms with Crippen molar-refractivity contribution < 1.29 is 0 Å². The highest BCUT2D eigenvalue weighted by atomic mass is 15.1. The molecule has 3 heteroatoms. The molecule has 0 heterocycles. The Morgan fingerprint density at radius 1 is 0.850 bits per heavy atom. The normalized spacial score (nSPS) is 11.2. The van der Waals surface area contributed by atoms with Crippen molar-refractivity contribution in [3.63, 3.8) is 0 Å². The predicted octanol–water partition coefficient (Wildman–Crippen LogP) is 2.49. The van der Waals surface area contributed by atoms with Gasteiger partial charge in [-0.25, -0.2) is 0 Å². The van der Waals surface area contributed by atoms with Crippen molar-refractivity contribution >= 4 is 0 Å². The lowest BCUT2D eigenvalue weighted by Crippen LogP contribution is -2.30. The predicted molar refractivity (Wildman–Crippen MR) is 88.0 cm³/mol. The molecule has 0 aliphatic heterocycles. The van der Waals surface area contributed by atoms with Crippen molar-refractivity contribution in [2.24, 2.45) is 0 Å². The first kappa shape index (κ1) is 17.2. The van der Waals surface area contributed by atoms with Crippen LogP contribution in [0, 0.1) is 0 Å². The van der Waals surface area contributed by atoms with Gasteiger partial charge in [0.25, 0.3) is 0 Å². The lowest BCUT2D eigenvalue weighted by Gasteiger charge is -2.22. The highest BCUT2D eigenvalue weighted by Crippen LogP contribution is 2.05. The first-order valence-corrected chi connectivity index (χ1v) is 8.04. The lowest BCUT2D eigenvalue weighted by atomic mass is 10.2. The molecule has 0 bridgehead atoms. The molecule has 0 fully saturated rings. The van der Waals surface area contributed by atoms with Gasteiger partial charge in [0.05, 0.1) is 0 Å². The van der Waals surface area contributed by atoms with Gasteiger partial charge in [-0.15, -0.1) is 0 Å². The summed E-state index contributed by atoms with van der Waals surface area (Å²) in [5.74, 6) is 0. The second kappa shape index (κ2) is 11.9. The first-order valence-electron chi connectivity index (χ1n) is 8.04. The number of hydrogen-bond acceptors (Lipinski definition) is 3. The van der Waals surface area contributed by atoms with Crippen LogP contribution in [0.3, 0.4) is 0 Å². The minimum atomic E-state index is 1.07. The van der Waals surface area contributed by atoms with Gasteiger partial charge in [0.2, 0.25) is 0 Å². The molecule has 0 aliphatic rings. The third-order valence-electron chi connectivity index (χ3n) is 3.40. The van der Waals surface area contributed by atoms with E-state index in [-0.39, 0.29) is 0 Å². The van der Waals surface area contributed by atoms with Gasteiger partial charge in [-0.1, -0.05) is 44.2 Å². The van der Waals surface area contributed by atoms with E-state index in [0.29, 0.717) is 0 Å². The molecule has 2 N–H and O–H groups in total. The average molecular weight is 277 g/mol. The summed E-state index contributed by atoms with van der Waals surface area (Å²) in [5, 5.41) is 6.81. The maximum absolute atomic E-state index is 3.40. The fraction of sp³-hybridized carbons (Fsp3) is 0.647. The lowest BCUT2D eigenvalue weighted by molar-refractivity contribution is 0.257. The molecule has 1 aromatic carbocycles. The van der Waals surface area contributed by atoms with Gasteiger partial charge in [0.15, 0.2) is 0 Å². The highest BCUT2D eigenvalue weighted by molar-refractivity contribution is 5.14. The van der Waals surface area contributed by atoms with Crippen LogP contribution in [0.15, 0.2) is 30.3 Å². The third-order valence-corrected chi connectivity index (χ3v) is 3.40. The molecule has 0 saturated heterocycles. The first-order chi connectivity index (χ1) is 9.86. The van der Waals surface area contributed by atoms with Crippen molar-refractivity contribution in [1.82, 2.24) is 15.5 Å². The summed E-state index contributed by atoms with van der Waals surface area (Å²) in [7, 11) is 0. The summed E-state index contributed by atoms with van der Waals surface area (Å²) in [6, 6.07) is 10.8. The smallest absolute Gasteiger partial charge is 0.0233 e. The molecular weight excluding hydrogens is 246 g/mol. The molecule has 114 valence electrons.